The summed E-state index contributed by atoms with van der Waals surface area (Å²) in [6.07, 6.45) is 5.36. The van der Waals surface area contributed by atoms with Crippen LogP contribution in [0.2, 0.25) is 0 Å². The van der Waals surface area contributed by atoms with E-state index in [-0.39, 0.29) is 0 Å². The molecule has 0 N–H and O–H groups in total. The third kappa shape index (κ3) is 0.849. The highest BCUT2D eigenvalue weighted by Gasteiger charge is 2.01. The van der Waals surface area contributed by atoms with Gasteiger partial charge in [-0.15, -0.1) is 0 Å². The molecule has 0 aromatic heterocycles. The van der Waals surface area contributed by atoms with E-state index in [1.807, 2.05) is 0 Å². The Hall–Kier alpha value is -0.780. The van der Waals surface area contributed by atoms with Crippen molar-refractivity contribution in [3.8, 4) is 0 Å². The van der Waals surface area contributed by atoms with Gasteiger partial charge in [0, 0.05) is 0 Å². The lowest BCUT2D eigenvalue weighted by molar-refractivity contribution is 1.07. The number of hydrogen-bond donors (Lipinski definition) is 0. The van der Waals surface area contributed by atoms with E-state index in [1.54, 1.807) is 0 Å². The van der Waals surface area contributed by atoms with Crippen LogP contribution < -0.4 is 0 Å². The monoisotopic (exact) mass is 116 g/mol. The molecule has 9 heavy (non-hydrogen) atoms. The lowest BCUT2D eigenvalue weighted by Gasteiger charge is -1.89. The van der Waals surface area contributed by atoms with Crippen molar-refractivity contribution in [2.45, 2.75) is 12.8 Å². The molecule has 2 radical (unpaired) electrons. The molecule has 0 atom stereocenters. The highest BCUT2D eigenvalue weighted by Crippen LogP contribution is 2.13. The molecule has 0 nitrogen and oxygen atoms in total. The molecule has 44 valence electrons. The van der Waals surface area contributed by atoms with Gasteiger partial charge in [-0.3, -0.25) is 0 Å². The van der Waals surface area contributed by atoms with Gasteiger partial charge in [-0.2, -0.15) is 0 Å². The van der Waals surface area contributed by atoms with Crippen LogP contribution in [-0.4, -0.2) is 0 Å². The molecular weight excluding hydrogens is 108 g/mol. The first-order valence-corrected chi connectivity index (χ1v) is 3.24. The van der Waals surface area contributed by atoms with Crippen LogP contribution in [0.1, 0.15) is 11.1 Å². The van der Waals surface area contributed by atoms with E-state index in [9.17, 15) is 0 Å². The van der Waals surface area contributed by atoms with E-state index in [0.717, 1.165) is 12.8 Å². The summed E-state index contributed by atoms with van der Waals surface area (Å²) in [5, 5.41) is 0. The molecule has 0 unspecified atom stereocenters. The van der Waals surface area contributed by atoms with Crippen molar-refractivity contribution in [3.63, 3.8) is 0 Å². The molecular formula is C9H8. The Labute approximate surface area is 55.5 Å². The molecule has 0 fully saturated rings. The Bertz CT molecular complexity index is 173. The molecule has 0 amide bonds. The van der Waals surface area contributed by atoms with Gasteiger partial charge in [-0.1, -0.05) is 24.3 Å². The van der Waals surface area contributed by atoms with Crippen LogP contribution in [0.3, 0.4) is 0 Å². The van der Waals surface area contributed by atoms with E-state index in [0.29, 0.717) is 0 Å². The van der Waals surface area contributed by atoms with Gasteiger partial charge in [-0.25, -0.2) is 0 Å². The quantitative estimate of drug-likeness (QED) is 0.485. The van der Waals surface area contributed by atoms with E-state index < -0.39 is 0 Å². The molecule has 2 aliphatic carbocycles. The lowest BCUT2D eigenvalue weighted by atomic mass is 10.2. The van der Waals surface area contributed by atoms with Crippen LogP contribution in [0.25, 0.3) is 0 Å². The van der Waals surface area contributed by atoms with E-state index in [4.69, 9.17) is 0 Å². The minimum Gasteiger partial charge on any atom is -0.0587 e. The third-order valence-electron chi connectivity index (χ3n) is 1.68. The first kappa shape index (κ1) is 5.04. The Morgan fingerprint density at radius 3 is 1.78 bits per heavy atom. The van der Waals surface area contributed by atoms with Crippen LogP contribution in [0.5, 0.6) is 0 Å². The highest BCUT2D eigenvalue weighted by molar-refractivity contribution is 5.28. The van der Waals surface area contributed by atoms with Gasteiger partial charge in [-0.05, 0) is 30.4 Å². The fourth-order valence-corrected chi connectivity index (χ4v) is 1.13. The zero-order valence-electron chi connectivity index (χ0n) is 5.22. The molecule has 1 aromatic rings. The maximum absolute atomic E-state index is 3.31. The second-order valence-electron chi connectivity index (χ2n) is 2.42. The maximum Gasteiger partial charge on any atom is -0.00795 e. The molecule has 0 spiro atoms. The summed E-state index contributed by atoms with van der Waals surface area (Å²) in [6.45, 7) is 0. The fraction of sp³-hybridized carbons (Fsp3) is 0.222. The minimum absolute atomic E-state index is 1.02. The largest absolute Gasteiger partial charge is 0.0587 e. The first-order chi connectivity index (χ1) is 4.45. The molecule has 0 heteroatoms. The smallest absolute Gasteiger partial charge is 0.00795 e. The number of benzene rings is 1. The van der Waals surface area contributed by atoms with Crippen LogP contribution >= 0.6 is 0 Å². The van der Waals surface area contributed by atoms with E-state index in [1.165, 1.54) is 11.1 Å². The van der Waals surface area contributed by atoms with Crippen molar-refractivity contribution in [3.05, 3.63) is 41.8 Å². The van der Waals surface area contributed by atoms with Gasteiger partial charge in [0.1, 0.15) is 0 Å². The fourth-order valence-electron chi connectivity index (χ4n) is 1.13. The summed E-state index contributed by atoms with van der Waals surface area (Å²) >= 11 is 0. The topological polar surface area (TPSA) is 0 Å². The molecule has 2 bridgehead atoms. The molecule has 0 heterocycles. The summed E-state index contributed by atoms with van der Waals surface area (Å²) in [7, 11) is 0. The lowest BCUT2D eigenvalue weighted by Crippen LogP contribution is -1.80. The molecule has 3 rings (SSSR count). The third-order valence-corrected chi connectivity index (χ3v) is 1.68. The van der Waals surface area contributed by atoms with Crippen LogP contribution in [0.4, 0.5) is 0 Å². The van der Waals surface area contributed by atoms with Crippen molar-refractivity contribution >= 4 is 0 Å². The van der Waals surface area contributed by atoms with Gasteiger partial charge in [0.25, 0.3) is 0 Å². The summed E-state index contributed by atoms with van der Waals surface area (Å²) in [4.78, 5) is 0. The second kappa shape index (κ2) is 1.87. The van der Waals surface area contributed by atoms with E-state index in [2.05, 4.69) is 30.7 Å². The summed E-state index contributed by atoms with van der Waals surface area (Å²) in [6, 6.07) is 8.70. The van der Waals surface area contributed by atoms with Crippen LogP contribution in [-0.2, 0) is 12.8 Å². The highest BCUT2D eigenvalue weighted by atomic mass is 14.1. The molecule has 1 aromatic carbocycles. The first-order valence-electron chi connectivity index (χ1n) is 3.24. The van der Waals surface area contributed by atoms with Crippen molar-refractivity contribution in [1.82, 2.24) is 0 Å². The zero-order valence-corrected chi connectivity index (χ0v) is 5.22. The van der Waals surface area contributed by atoms with Crippen molar-refractivity contribution in [2.24, 2.45) is 0 Å². The number of fused-ring (bicyclic) bond motifs is 4. The summed E-state index contributed by atoms with van der Waals surface area (Å²) in [5.74, 6) is 0. The van der Waals surface area contributed by atoms with Crippen molar-refractivity contribution in [2.75, 3.05) is 0 Å². The van der Waals surface area contributed by atoms with Crippen molar-refractivity contribution in [1.29, 1.82) is 0 Å². The van der Waals surface area contributed by atoms with Gasteiger partial charge >= 0.3 is 0 Å². The maximum atomic E-state index is 3.31. The normalized spacial score (nSPS) is 15.6. The van der Waals surface area contributed by atoms with Gasteiger partial charge < -0.3 is 0 Å². The second-order valence-corrected chi connectivity index (χ2v) is 2.42. The van der Waals surface area contributed by atoms with Gasteiger partial charge in [0.2, 0.25) is 0 Å². The summed E-state index contributed by atoms with van der Waals surface area (Å²) < 4.78 is 0. The Balaban J connectivity index is 2.53. The van der Waals surface area contributed by atoms with Gasteiger partial charge in [0.05, 0.1) is 0 Å². The zero-order chi connectivity index (χ0) is 6.10. The average molecular weight is 116 g/mol. The van der Waals surface area contributed by atoms with Crippen LogP contribution in [0.15, 0.2) is 24.3 Å². The van der Waals surface area contributed by atoms with Crippen LogP contribution in [0, 0.1) is 6.42 Å². The SMILES string of the molecule is [C]1Cc2ccc(cc2)C1. The average Bonchev–Trinajstić information content (AvgIpc) is 2.21. The van der Waals surface area contributed by atoms with E-state index >= 15 is 0 Å². The minimum atomic E-state index is 1.02. The number of rotatable bonds is 0. The van der Waals surface area contributed by atoms with Gasteiger partial charge in [0.15, 0.2) is 0 Å². The Morgan fingerprint density at radius 2 is 1.33 bits per heavy atom. The van der Waals surface area contributed by atoms with Crippen molar-refractivity contribution < 1.29 is 0 Å². The standard InChI is InChI=1S/C9H8/c1-2-8-4-6-9(3-1)7-5-8/h4-7H,2-3H2. The molecule has 0 saturated carbocycles. The molecule has 0 aliphatic heterocycles. The Morgan fingerprint density at radius 1 is 0.889 bits per heavy atom. The Kier molecular flexibility index (Phi) is 1.05. The molecule has 2 aliphatic rings. The molecule has 0 saturated heterocycles. The predicted molar refractivity (Wildman–Crippen MR) is 37.1 cm³/mol. The number of hydrogen-bond acceptors (Lipinski definition) is 0. The summed E-state index contributed by atoms with van der Waals surface area (Å²) in [5.41, 5.74) is 2.77. The predicted octanol–water partition coefficient (Wildman–Crippen LogP) is 1.87.